The van der Waals surface area contributed by atoms with Crippen molar-refractivity contribution in [2.75, 3.05) is 12.4 Å². The number of aryl methyl sites for hydroxylation is 1. The van der Waals surface area contributed by atoms with Gasteiger partial charge in [0.1, 0.15) is 11.6 Å². The van der Waals surface area contributed by atoms with E-state index in [4.69, 9.17) is 4.74 Å². The van der Waals surface area contributed by atoms with Crippen molar-refractivity contribution in [3.63, 3.8) is 0 Å². The maximum Gasteiger partial charge on any atom is 0.233 e. The van der Waals surface area contributed by atoms with Crippen LogP contribution in [0.2, 0.25) is 0 Å². The minimum atomic E-state index is -0.260. The molecule has 3 aliphatic rings. The molecule has 0 saturated heterocycles. The Bertz CT molecular complexity index is 1090. The molecule has 2 saturated carbocycles. The number of hydrogen-bond acceptors (Lipinski definition) is 5. The van der Waals surface area contributed by atoms with Gasteiger partial charge in [-0.15, -0.1) is 10.2 Å². The summed E-state index contributed by atoms with van der Waals surface area (Å²) in [6, 6.07) is 8.58. The average molecular weight is 466 g/mol. The average Bonchev–Trinajstić information content (AvgIpc) is 3.09. The van der Waals surface area contributed by atoms with E-state index in [1.54, 1.807) is 24.3 Å². The molecule has 180 valence electrons. The number of benzene rings is 1. The van der Waals surface area contributed by atoms with Crippen LogP contribution >= 0.6 is 0 Å². The van der Waals surface area contributed by atoms with Crippen molar-refractivity contribution in [1.82, 2.24) is 10.2 Å². The summed E-state index contributed by atoms with van der Waals surface area (Å²) in [5.41, 5.74) is 2.17. The Morgan fingerprint density at radius 2 is 2.09 bits per heavy atom. The first-order valence-electron chi connectivity index (χ1n) is 12.4. The maximum absolute atomic E-state index is 13.8. The Labute approximate surface area is 199 Å². The zero-order chi connectivity index (χ0) is 23.9. The summed E-state index contributed by atoms with van der Waals surface area (Å²) < 4.78 is 18.8. The highest BCUT2D eigenvalue weighted by molar-refractivity contribution is 5.89. The van der Waals surface area contributed by atoms with Crippen LogP contribution in [-0.2, 0) is 16.0 Å². The number of hydrogen-bond donors (Lipinski definition) is 1. The van der Waals surface area contributed by atoms with Gasteiger partial charge in [0.25, 0.3) is 0 Å². The van der Waals surface area contributed by atoms with Crippen LogP contribution in [0.5, 0.6) is 5.88 Å². The lowest BCUT2D eigenvalue weighted by atomic mass is 9.54. The summed E-state index contributed by atoms with van der Waals surface area (Å²) in [5.74, 6) is 2.45. The van der Waals surface area contributed by atoms with Crippen LogP contribution in [0.25, 0.3) is 0 Å². The van der Waals surface area contributed by atoms with E-state index in [0.29, 0.717) is 54.0 Å². The van der Waals surface area contributed by atoms with Crippen LogP contribution < -0.4 is 10.1 Å². The van der Waals surface area contributed by atoms with E-state index in [9.17, 15) is 14.0 Å². The van der Waals surface area contributed by atoms with Gasteiger partial charge >= 0.3 is 0 Å². The Hall–Kier alpha value is -2.83. The van der Waals surface area contributed by atoms with Crippen LogP contribution in [0.1, 0.15) is 68.9 Å². The molecule has 0 bridgehead atoms. The number of anilines is 1. The number of nitrogens with one attached hydrogen (secondary N) is 1. The summed E-state index contributed by atoms with van der Waals surface area (Å²) in [7, 11) is 1.52. The lowest BCUT2D eigenvalue weighted by Crippen LogP contribution is -2.44. The lowest BCUT2D eigenvalue weighted by Gasteiger charge is -2.50. The Balaban J connectivity index is 1.24. The van der Waals surface area contributed by atoms with E-state index in [2.05, 4.69) is 22.4 Å². The highest BCUT2D eigenvalue weighted by Crippen LogP contribution is 2.62. The molecule has 0 radical (unpaired) electrons. The van der Waals surface area contributed by atoms with Gasteiger partial charge in [-0.05, 0) is 91.5 Å². The first kappa shape index (κ1) is 22.9. The molecule has 1 heterocycles. The number of fused-ring (bicyclic) bond motifs is 5. The van der Waals surface area contributed by atoms with Gasteiger partial charge in [-0.2, -0.15) is 0 Å². The van der Waals surface area contributed by atoms with Crippen LogP contribution in [0, 0.1) is 29.0 Å². The number of Topliss-reactive ketones (excluding diaryl/α,β-unsaturated/α-hetero) is 1. The molecule has 1 amide bonds. The fourth-order valence-electron chi connectivity index (χ4n) is 7.10. The monoisotopic (exact) mass is 465 g/mol. The summed E-state index contributed by atoms with van der Waals surface area (Å²) in [4.78, 5) is 25.6. The van der Waals surface area contributed by atoms with Gasteiger partial charge in [0, 0.05) is 24.3 Å². The second kappa shape index (κ2) is 9.08. The maximum atomic E-state index is 13.8. The quantitative estimate of drug-likeness (QED) is 0.643. The third-order valence-corrected chi connectivity index (χ3v) is 8.63. The van der Waals surface area contributed by atoms with Crippen molar-refractivity contribution in [3.8, 4) is 5.88 Å². The van der Waals surface area contributed by atoms with Crippen molar-refractivity contribution in [2.45, 2.75) is 64.2 Å². The molecule has 0 aliphatic heterocycles. The summed E-state index contributed by atoms with van der Waals surface area (Å²) in [5, 5.41) is 10.6. The molecular weight excluding hydrogens is 433 g/mol. The van der Waals surface area contributed by atoms with E-state index in [-0.39, 0.29) is 17.1 Å². The first-order valence-corrected chi connectivity index (χ1v) is 12.4. The summed E-state index contributed by atoms with van der Waals surface area (Å²) in [6.07, 6.45) is 6.41. The molecule has 34 heavy (non-hydrogen) atoms. The third kappa shape index (κ3) is 4.10. The number of ether oxygens (including phenoxy) is 1. The second-order valence-electron chi connectivity index (χ2n) is 10.4. The molecule has 5 rings (SSSR count). The zero-order valence-electron chi connectivity index (χ0n) is 19.9. The number of amides is 1. The van der Waals surface area contributed by atoms with Crippen molar-refractivity contribution in [3.05, 3.63) is 47.3 Å². The van der Waals surface area contributed by atoms with Gasteiger partial charge in [0.2, 0.25) is 11.8 Å². The topological polar surface area (TPSA) is 81.2 Å². The fraction of sp³-hybridized carbons (Fsp3) is 0.556. The highest BCUT2D eigenvalue weighted by Gasteiger charge is 2.58. The molecule has 0 spiro atoms. The third-order valence-electron chi connectivity index (χ3n) is 8.63. The van der Waals surface area contributed by atoms with Crippen molar-refractivity contribution in [2.24, 2.45) is 23.2 Å². The molecule has 1 aromatic carbocycles. The number of carbonyl (C=O) groups is 2. The standard InChI is InChI=1S/C27H32FN3O3/c1-27-13-12-20-19-9-7-18(28)14-16(19)6-8-21(20)26(27)17(15-22(27)32)4-3-5-24(33)29-23-10-11-25(34-2)31-30-23/h7,9-11,14,17,20-21,26H,3-6,8,12-13,15H2,1-2H3,(H,29,30,33)/t17-,20?,21?,26?,27-/m1/s1. The Morgan fingerprint density at radius 3 is 2.85 bits per heavy atom. The van der Waals surface area contributed by atoms with Gasteiger partial charge in [0.15, 0.2) is 5.82 Å². The molecule has 6 nitrogen and oxygen atoms in total. The molecule has 5 atom stereocenters. The molecule has 7 heteroatoms. The van der Waals surface area contributed by atoms with E-state index >= 15 is 0 Å². The molecule has 2 aromatic rings. The van der Waals surface area contributed by atoms with E-state index in [0.717, 1.165) is 44.1 Å². The fourth-order valence-corrected chi connectivity index (χ4v) is 7.10. The number of rotatable bonds is 6. The smallest absolute Gasteiger partial charge is 0.233 e. The van der Waals surface area contributed by atoms with Crippen molar-refractivity contribution >= 4 is 17.5 Å². The largest absolute Gasteiger partial charge is 0.480 e. The van der Waals surface area contributed by atoms with E-state index in [1.807, 2.05) is 6.07 Å². The van der Waals surface area contributed by atoms with Gasteiger partial charge in [-0.3, -0.25) is 9.59 Å². The molecule has 1 N–H and O–H groups in total. The van der Waals surface area contributed by atoms with Crippen molar-refractivity contribution < 1.29 is 18.7 Å². The lowest BCUT2D eigenvalue weighted by molar-refractivity contribution is -0.129. The van der Waals surface area contributed by atoms with Crippen LogP contribution in [0.3, 0.4) is 0 Å². The number of halogens is 1. The first-order chi connectivity index (χ1) is 16.4. The van der Waals surface area contributed by atoms with Gasteiger partial charge in [0.05, 0.1) is 7.11 Å². The summed E-state index contributed by atoms with van der Waals surface area (Å²) >= 11 is 0. The number of carbonyl (C=O) groups excluding carboxylic acids is 2. The predicted octanol–water partition coefficient (Wildman–Crippen LogP) is 5.08. The predicted molar refractivity (Wildman–Crippen MR) is 126 cm³/mol. The molecule has 1 aromatic heterocycles. The molecular formula is C27H32FN3O3. The van der Waals surface area contributed by atoms with Gasteiger partial charge in [-0.1, -0.05) is 13.0 Å². The Kier molecular flexibility index (Phi) is 6.13. The number of nitrogens with zero attached hydrogens (tertiary/aromatic N) is 2. The molecule has 3 aliphatic carbocycles. The highest BCUT2D eigenvalue weighted by atomic mass is 19.1. The van der Waals surface area contributed by atoms with E-state index in [1.165, 1.54) is 12.7 Å². The van der Waals surface area contributed by atoms with Gasteiger partial charge in [-0.25, -0.2) is 4.39 Å². The number of aromatic nitrogens is 2. The van der Waals surface area contributed by atoms with Crippen molar-refractivity contribution in [1.29, 1.82) is 0 Å². The molecule has 2 fully saturated rings. The SMILES string of the molecule is COc1ccc(NC(=O)CCC[C@@H]2CC(=O)[C@@]3(C)CCC4c5ccc(F)cc5CCC4C23)nn1. The van der Waals surface area contributed by atoms with E-state index < -0.39 is 0 Å². The van der Waals surface area contributed by atoms with Crippen LogP contribution in [0.15, 0.2) is 30.3 Å². The van der Waals surface area contributed by atoms with Crippen LogP contribution in [0.4, 0.5) is 10.2 Å². The summed E-state index contributed by atoms with van der Waals surface area (Å²) in [6.45, 7) is 2.17. The van der Waals surface area contributed by atoms with Crippen LogP contribution in [-0.4, -0.2) is 29.0 Å². The molecule has 3 unspecified atom stereocenters. The Morgan fingerprint density at radius 1 is 1.24 bits per heavy atom. The minimum absolute atomic E-state index is 0.0957. The normalized spacial score (nSPS) is 29.7. The van der Waals surface area contributed by atoms with Gasteiger partial charge < -0.3 is 10.1 Å². The number of ketones is 1. The zero-order valence-corrected chi connectivity index (χ0v) is 19.9. The second-order valence-corrected chi connectivity index (χ2v) is 10.4. The minimum Gasteiger partial charge on any atom is -0.480 e. The number of methoxy groups -OCH3 is 1.